The molecule has 0 aliphatic carbocycles. The van der Waals surface area contributed by atoms with Crippen molar-refractivity contribution in [2.75, 3.05) is 39.6 Å². The van der Waals surface area contributed by atoms with Gasteiger partial charge in [0.2, 0.25) is 0 Å². The fraction of sp³-hybridized carbons (Fsp3) is 0.942. The Balaban J connectivity index is 5.25. The molecular formula is C69H134O17P2. The minimum Gasteiger partial charge on any atom is -0.462 e. The minimum atomic E-state index is -4.95. The van der Waals surface area contributed by atoms with Crippen LogP contribution in [0.1, 0.15) is 338 Å². The first-order valence-electron chi connectivity index (χ1n) is 35.7. The van der Waals surface area contributed by atoms with E-state index in [9.17, 15) is 43.2 Å². The summed E-state index contributed by atoms with van der Waals surface area (Å²) in [5, 5.41) is 10.6. The van der Waals surface area contributed by atoms with Gasteiger partial charge in [0, 0.05) is 25.7 Å². The van der Waals surface area contributed by atoms with E-state index in [0.29, 0.717) is 31.6 Å². The molecule has 0 aliphatic rings. The number of phosphoric ester groups is 2. The highest BCUT2D eigenvalue weighted by atomic mass is 31.2. The van der Waals surface area contributed by atoms with Crippen LogP contribution in [0.2, 0.25) is 0 Å². The Hall–Kier alpha value is -1.94. The lowest BCUT2D eigenvalue weighted by Crippen LogP contribution is -2.30. The molecule has 0 aromatic heterocycles. The maximum Gasteiger partial charge on any atom is 0.472 e. The third-order valence-electron chi connectivity index (χ3n) is 15.8. The van der Waals surface area contributed by atoms with Gasteiger partial charge in [-0.2, -0.15) is 0 Å². The van der Waals surface area contributed by atoms with Crippen LogP contribution in [-0.4, -0.2) is 96.7 Å². The molecule has 522 valence electrons. The van der Waals surface area contributed by atoms with E-state index in [-0.39, 0.29) is 25.7 Å². The first kappa shape index (κ1) is 86.1. The van der Waals surface area contributed by atoms with E-state index in [0.717, 1.165) is 114 Å². The van der Waals surface area contributed by atoms with Gasteiger partial charge in [-0.15, -0.1) is 0 Å². The SMILES string of the molecule is CC(C)CCCCCCCCCCCCCC(=O)O[C@H](COC(=O)CCCCCCCCCCCC(C)C)COP(=O)(O)OC[C@@H](O)COP(=O)(O)OC[C@@H](COC(=O)CCCCCCCCC(C)C)OC(=O)CCCCCCCCCCCCC(C)C. The Morgan fingerprint density at radius 2 is 0.477 bits per heavy atom. The van der Waals surface area contributed by atoms with Crippen molar-refractivity contribution in [1.82, 2.24) is 0 Å². The Kier molecular flexibility index (Phi) is 57.6. The van der Waals surface area contributed by atoms with E-state index in [4.69, 9.17) is 37.0 Å². The third kappa shape index (κ3) is 62.8. The van der Waals surface area contributed by atoms with Crippen LogP contribution in [0.5, 0.6) is 0 Å². The maximum absolute atomic E-state index is 13.0. The molecule has 3 N–H and O–H groups in total. The molecule has 0 fully saturated rings. The van der Waals surface area contributed by atoms with Gasteiger partial charge in [-0.1, -0.05) is 287 Å². The second-order valence-electron chi connectivity index (χ2n) is 26.8. The Bertz CT molecular complexity index is 1750. The van der Waals surface area contributed by atoms with E-state index in [1.807, 2.05) is 0 Å². The molecule has 5 atom stereocenters. The van der Waals surface area contributed by atoms with Crippen LogP contribution in [0, 0.1) is 23.7 Å². The van der Waals surface area contributed by atoms with E-state index in [2.05, 4.69) is 55.4 Å². The molecule has 0 bridgehead atoms. The van der Waals surface area contributed by atoms with E-state index < -0.39 is 97.5 Å². The molecule has 0 spiro atoms. The van der Waals surface area contributed by atoms with Gasteiger partial charge < -0.3 is 33.8 Å². The summed E-state index contributed by atoms with van der Waals surface area (Å²) < 4.78 is 68.2. The summed E-state index contributed by atoms with van der Waals surface area (Å²) in [6, 6.07) is 0. The molecule has 0 aromatic rings. The number of carbonyl (C=O) groups is 4. The molecular weight excluding hydrogens is 1160 g/mol. The predicted molar refractivity (Wildman–Crippen MR) is 354 cm³/mol. The monoisotopic (exact) mass is 1300 g/mol. The maximum atomic E-state index is 13.0. The summed E-state index contributed by atoms with van der Waals surface area (Å²) in [5.74, 6) is 0.808. The van der Waals surface area contributed by atoms with E-state index >= 15 is 0 Å². The zero-order chi connectivity index (χ0) is 65.4. The normalized spacial score (nSPS) is 14.3. The van der Waals surface area contributed by atoms with Crippen LogP contribution < -0.4 is 0 Å². The van der Waals surface area contributed by atoms with Crippen LogP contribution in [0.25, 0.3) is 0 Å². The van der Waals surface area contributed by atoms with Gasteiger partial charge in [-0.3, -0.25) is 37.3 Å². The molecule has 17 nitrogen and oxygen atoms in total. The van der Waals surface area contributed by atoms with Crippen LogP contribution >= 0.6 is 15.6 Å². The predicted octanol–water partition coefficient (Wildman–Crippen LogP) is 19.3. The largest absolute Gasteiger partial charge is 0.472 e. The van der Waals surface area contributed by atoms with Crippen molar-refractivity contribution in [2.45, 2.75) is 356 Å². The van der Waals surface area contributed by atoms with E-state index in [1.165, 1.54) is 135 Å². The summed E-state index contributed by atoms with van der Waals surface area (Å²) in [6.45, 7) is 14.0. The van der Waals surface area contributed by atoms with Crippen LogP contribution in [-0.2, 0) is 65.4 Å². The van der Waals surface area contributed by atoms with E-state index in [1.54, 1.807) is 0 Å². The highest BCUT2D eigenvalue weighted by Crippen LogP contribution is 2.45. The van der Waals surface area contributed by atoms with Crippen LogP contribution in [0.4, 0.5) is 0 Å². The summed E-state index contributed by atoms with van der Waals surface area (Å²) in [4.78, 5) is 72.5. The lowest BCUT2D eigenvalue weighted by Gasteiger charge is -2.21. The number of esters is 4. The number of aliphatic hydroxyl groups excluding tert-OH is 1. The van der Waals surface area contributed by atoms with Crippen molar-refractivity contribution < 1.29 is 80.2 Å². The number of rotatable bonds is 66. The van der Waals surface area contributed by atoms with Gasteiger partial charge in [0.1, 0.15) is 19.3 Å². The van der Waals surface area contributed by atoms with Gasteiger partial charge in [-0.25, -0.2) is 9.13 Å². The van der Waals surface area contributed by atoms with Gasteiger partial charge in [-0.05, 0) is 49.4 Å². The second kappa shape index (κ2) is 58.8. The fourth-order valence-corrected chi connectivity index (χ4v) is 11.9. The highest BCUT2D eigenvalue weighted by Gasteiger charge is 2.30. The van der Waals surface area contributed by atoms with Gasteiger partial charge in [0.05, 0.1) is 26.4 Å². The molecule has 88 heavy (non-hydrogen) atoms. The first-order valence-corrected chi connectivity index (χ1v) is 38.7. The van der Waals surface area contributed by atoms with Gasteiger partial charge >= 0.3 is 39.5 Å². The standard InChI is InChI=1S/C69H134O17P2/c1-59(2)45-37-29-21-15-10-9-11-18-25-35-43-51-68(73)85-64(55-79-66(71)49-41-33-24-20-14-17-23-31-39-47-61(5)6)57-83-87(75,76)81-53-63(70)54-82-88(77,78)84-58-65(56-80-67(72)50-42-34-28-27-32-40-48-62(7)8)86-69(74)52-44-36-26-19-13-12-16-22-30-38-46-60(3)4/h59-65,70H,9-58H2,1-8H3,(H,75,76)(H,77,78)/t63-,64-,65-/m1/s1. The zero-order valence-corrected chi connectivity index (χ0v) is 59.1. The smallest absolute Gasteiger partial charge is 0.462 e. The van der Waals surface area contributed by atoms with Crippen LogP contribution in [0.15, 0.2) is 0 Å². The van der Waals surface area contributed by atoms with Gasteiger partial charge in [0.25, 0.3) is 0 Å². The van der Waals surface area contributed by atoms with Crippen molar-refractivity contribution in [3.8, 4) is 0 Å². The molecule has 0 aliphatic heterocycles. The minimum absolute atomic E-state index is 0.104. The fourth-order valence-electron chi connectivity index (χ4n) is 10.3. The number of unbranched alkanes of at least 4 members (excludes halogenated alkanes) is 32. The molecule has 0 radical (unpaired) electrons. The molecule has 0 rings (SSSR count). The topological polar surface area (TPSA) is 237 Å². The summed E-state index contributed by atoms with van der Waals surface area (Å²) in [7, 11) is -9.90. The Morgan fingerprint density at radius 3 is 0.705 bits per heavy atom. The quantitative estimate of drug-likeness (QED) is 0.0222. The molecule has 0 aromatic carbocycles. The van der Waals surface area contributed by atoms with Crippen LogP contribution in [0.3, 0.4) is 0 Å². The number of ether oxygens (including phenoxy) is 4. The summed E-state index contributed by atoms with van der Waals surface area (Å²) in [6.07, 6.45) is 40.4. The molecule has 0 amide bonds. The lowest BCUT2D eigenvalue weighted by molar-refractivity contribution is -0.161. The summed E-state index contributed by atoms with van der Waals surface area (Å²) >= 11 is 0. The number of aliphatic hydroxyl groups is 1. The summed E-state index contributed by atoms with van der Waals surface area (Å²) in [5.41, 5.74) is 0. The number of hydrogen-bond donors (Lipinski definition) is 3. The Labute approximate surface area is 537 Å². The van der Waals surface area contributed by atoms with Crippen molar-refractivity contribution in [2.24, 2.45) is 23.7 Å². The second-order valence-corrected chi connectivity index (χ2v) is 29.7. The molecule has 2 unspecified atom stereocenters. The zero-order valence-electron chi connectivity index (χ0n) is 57.3. The molecule has 19 heteroatoms. The first-order chi connectivity index (χ1) is 42.1. The Morgan fingerprint density at radius 1 is 0.284 bits per heavy atom. The molecule has 0 saturated carbocycles. The van der Waals surface area contributed by atoms with Crippen molar-refractivity contribution in [1.29, 1.82) is 0 Å². The van der Waals surface area contributed by atoms with Crippen molar-refractivity contribution in [3.05, 3.63) is 0 Å². The van der Waals surface area contributed by atoms with Crippen molar-refractivity contribution >= 4 is 39.5 Å². The van der Waals surface area contributed by atoms with Crippen molar-refractivity contribution in [3.63, 3.8) is 0 Å². The number of phosphoric acid groups is 2. The lowest BCUT2D eigenvalue weighted by atomic mass is 10.0. The molecule has 0 saturated heterocycles. The van der Waals surface area contributed by atoms with Gasteiger partial charge in [0.15, 0.2) is 12.2 Å². The third-order valence-corrected chi connectivity index (χ3v) is 17.7. The highest BCUT2D eigenvalue weighted by molar-refractivity contribution is 7.47. The number of hydrogen-bond acceptors (Lipinski definition) is 15. The average Bonchev–Trinajstić information content (AvgIpc) is 3.59. The average molecular weight is 1300 g/mol. The molecule has 0 heterocycles. The number of carbonyl (C=O) groups excluding carboxylic acids is 4.